The minimum absolute atomic E-state index is 0.0487. The second kappa shape index (κ2) is 2.95. The average Bonchev–Trinajstić information content (AvgIpc) is 1.83. The molecule has 0 bridgehead atoms. The number of hydrogen-bond donors (Lipinski definition) is 0. The van der Waals surface area contributed by atoms with Gasteiger partial charge in [0.2, 0.25) is 0 Å². The molecule has 1 rings (SSSR count). The summed E-state index contributed by atoms with van der Waals surface area (Å²) < 4.78 is 27.8. The Morgan fingerprint density at radius 1 is 1.15 bits per heavy atom. The molecule has 0 aromatic carbocycles. The van der Waals surface area contributed by atoms with Crippen molar-refractivity contribution in [3.63, 3.8) is 0 Å². The molecule has 0 spiro atoms. The summed E-state index contributed by atoms with van der Waals surface area (Å²) in [6, 6.07) is 0. The summed E-state index contributed by atoms with van der Waals surface area (Å²) in [5.41, 5.74) is -0.508. The van der Waals surface area contributed by atoms with Gasteiger partial charge < -0.3 is 0 Å². The zero-order chi connectivity index (χ0) is 10.3. The van der Waals surface area contributed by atoms with Crippen molar-refractivity contribution in [2.75, 3.05) is 5.75 Å². The van der Waals surface area contributed by atoms with Crippen molar-refractivity contribution in [2.24, 2.45) is 5.41 Å². The highest BCUT2D eigenvalue weighted by atomic mass is 32.2. The molecule has 1 saturated heterocycles. The largest absolute Gasteiger partial charge is 0.267 e. The fraction of sp³-hybridized carbons (Fsp3) is 1.00. The van der Waals surface area contributed by atoms with Crippen LogP contribution in [0.1, 0.15) is 40.5 Å². The van der Waals surface area contributed by atoms with E-state index >= 15 is 0 Å². The molecule has 1 aliphatic heterocycles. The lowest BCUT2D eigenvalue weighted by atomic mass is 9.80. The molecule has 0 aromatic heterocycles. The molecule has 1 fully saturated rings. The molecule has 1 aliphatic rings. The molecular weight excluding hydrogens is 188 g/mol. The van der Waals surface area contributed by atoms with E-state index < -0.39 is 15.7 Å². The van der Waals surface area contributed by atoms with E-state index in [0.29, 0.717) is 6.42 Å². The van der Waals surface area contributed by atoms with E-state index in [2.05, 4.69) is 13.8 Å². The second-order valence-corrected chi connectivity index (χ2v) is 6.89. The maximum Gasteiger partial charge on any atom is 0.267 e. The van der Waals surface area contributed by atoms with Crippen LogP contribution in [0.25, 0.3) is 0 Å². The smallest absolute Gasteiger partial charge is 0.264 e. The average molecular weight is 206 g/mol. The van der Waals surface area contributed by atoms with E-state index in [0.717, 1.165) is 6.42 Å². The van der Waals surface area contributed by atoms with Crippen LogP contribution in [0.3, 0.4) is 0 Å². The Morgan fingerprint density at radius 2 is 1.69 bits per heavy atom. The van der Waals surface area contributed by atoms with Gasteiger partial charge in [0.1, 0.15) is 0 Å². The molecule has 13 heavy (non-hydrogen) atoms. The fourth-order valence-electron chi connectivity index (χ4n) is 2.06. The molecule has 0 saturated carbocycles. The van der Waals surface area contributed by atoms with Gasteiger partial charge in [-0.3, -0.25) is 4.18 Å². The van der Waals surface area contributed by atoms with Crippen LogP contribution in [0.2, 0.25) is 0 Å². The number of rotatable bonds is 0. The first-order valence-corrected chi connectivity index (χ1v) is 6.13. The lowest BCUT2D eigenvalue weighted by molar-refractivity contribution is 0.0744. The van der Waals surface area contributed by atoms with Crippen LogP contribution in [0, 0.1) is 5.41 Å². The van der Waals surface area contributed by atoms with Crippen LogP contribution in [0.5, 0.6) is 0 Å². The lowest BCUT2D eigenvalue weighted by Gasteiger charge is -2.29. The Hall–Kier alpha value is -0.0900. The molecular formula is C9H18O3S. The Labute approximate surface area is 80.6 Å². The van der Waals surface area contributed by atoms with Crippen molar-refractivity contribution in [2.45, 2.75) is 46.1 Å². The van der Waals surface area contributed by atoms with Gasteiger partial charge in [-0.15, -0.1) is 0 Å². The van der Waals surface area contributed by atoms with Crippen molar-refractivity contribution < 1.29 is 12.6 Å². The number of hydrogen-bond acceptors (Lipinski definition) is 3. The van der Waals surface area contributed by atoms with Crippen LogP contribution in [0.15, 0.2) is 0 Å². The zero-order valence-electron chi connectivity index (χ0n) is 8.75. The van der Waals surface area contributed by atoms with Gasteiger partial charge in [-0.1, -0.05) is 13.8 Å². The van der Waals surface area contributed by atoms with Gasteiger partial charge in [0.25, 0.3) is 10.1 Å². The first-order valence-electron chi connectivity index (χ1n) is 4.55. The minimum Gasteiger partial charge on any atom is -0.264 e. The summed E-state index contributed by atoms with van der Waals surface area (Å²) in [5, 5.41) is 0. The summed E-state index contributed by atoms with van der Waals surface area (Å²) in [5.74, 6) is 0.142. The highest BCUT2D eigenvalue weighted by Crippen LogP contribution is 2.37. The maximum absolute atomic E-state index is 11.4. The van der Waals surface area contributed by atoms with E-state index in [1.807, 2.05) is 13.8 Å². The van der Waals surface area contributed by atoms with E-state index in [-0.39, 0.29) is 11.2 Å². The highest BCUT2D eigenvalue weighted by Gasteiger charge is 2.38. The van der Waals surface area contributed by atoms with Gasteiger partial charge >= 0.3 is 0 Å². The minimum atomic E-state index is -3.30. The molecule has 0 aromatic rings. The van der Waals surface area contributed by atoms with E-state index in [1.165, 1.54) is 0 Å². The standard InChI is InChI=1S/C9H18O3S/c1-8(2)5-6-13(10,11)12-9(3,4)7-8/h5-7H2,1-4H3. The predicted octanol–water partition coefficient (Wildman–Crippen LogP) is 1.93. The molecule has 0 amide bonds. The molecule has 78 valence electrons. The second-order valence-electron chi connectivity index (χ2n) is 5.20. The van der Waals surface area contributed by atoms with E-state index in [1.54, 1.807) is 0 Å². The van der Waals surface area contributed by atoms with Crippen LogP contribution < -0.4 is 0 Å². The topological polar surface area (TPSA) is 43.4 Å². The third-order valence-electron chi connectivity index (χ3n) is 2.29. The SMILES string of the molecule is CC1(C)CCS(=O)(=O)OC(C)(C)C1. The van der Waals surface area contributed by atoms with Gasteiger partial charge in [-0.05, 0) is 32.1 Å². The summed E-state index contributed by atoms with van der Waals surface area (Å²) in [4.78, 5) is 0. The van der Waals surface area contributed by atoms with Crippen molar-refractivity contribution in [3.05, 3.63) is 0 Å². The molecule has 0 unspecified atom stereocenters. The van der Waals surface area contributed by atoms with Crippen LogP contribution >= 0.6 is 0 Å². The first kappa shape index (κ1) is 11.0. The normalized spacial score (nSPS) is 30.8. The van der Waals surface area contributed by atoms with Crippen LogP contribution in [-0.2, 0) is 14.3 Å². The Morgan fingerprint density at radius 3 is 2.23 bits per heavy atom. The van der Waals surface area contributed by atoms with Crippen LogP contribution in [-0.4, -0.2) is 19.8 Å². The van der Waals surface area contributed by atoms with E-state index in [9.17, 15) is 8.42 Å². The third-order valence-corrected chi connectivity index (χ3v) is 3.69. The maximum atomic E-state index is 11.4. The van der Waals surface area contributed by atoms with Gasteiger partial charge in [0, 0.05) is 0 Å². The molecule has 4 heteroatoms. The molecule has 0 N–H and O–H groups in total. The Bertz CT molecular complexity index is 288. The van der Waals surface area contributed by atoms with Crippen molar-refractivity contribution in [1.82, 2.24) is 0 Å². The molecule has 1 heterocycles. The zero-order valence-corrected chi connectivity index (χ0v) is 9.57. The van der Waals surface area contributed by atoms with Gasteiger partial charge in [0.05, 0.1) is 11.4 Å². The van der Waals surface area contributed by atoms with Gasteiger partial charge in [-0.2, -0.15) is 8.42 Å². The first-order chi connectivity index (χ1) is 5.62. The predicted molar refractivity (Wildman–Crippen MR) is 52.0 cm³/mol. The summed E-state index contributed by atoms with van der Waals surface area (Å²) >= 11 is 0. The highest BCUT2D eigenvalue weighted by molar-refractivity contribution is 7.86. The Balaban J connectivity index is 2.95. The summed E-state index contributed by atoms with van der Waals surface area (Å²) in [7, 11) is -3.30. The molecule has 0 aliphatic carbocycles. The Kier molecular flexibility index (Phi) is 2.50. The molecule has 0 radical (unpaired) electrons. The lowest BCUT2D eigenvalue weighted by Crippen LogP contribution is -2.30. The fourth-order valence-corrected chi connectivity index (χ4v) is 3.69. The molecule has 0 atom stereocenters. The van der Waals surface area contributed by atoms with Crippen LogP contribution in [0.4, 0.5) is 0 Å². The van der Waals surface area contributed by atoms with Crippen molar-refractivity contribution in [1.29, 1.82) is 0 Å². The van der Waals surface area contributed by atoms with Crippen molar-refractivity contribution >= 4 is 10.1 Å². The summed E-state index contributed by atoms with van der Waals surface area (Å²) in [6.45, 7) is 7.83. The summed E-state index contributed by atoms with van der Waals surface area (Å²) in [6.07, 6.45) is 1.46. The molecule has 3 nitrogen and oxygen atoms in total. The van der Waals surface area contributed by atoms with E-state index in [4.69, 9.17) is 4.18 Å². The van der Waals surface area contributed by atoms with Gasteiger partial charge in [-0.25, -0.2) is 0 Å². The quantitative estimate of drug-likeness (QED) is 0.569. The van der Waals surface area contributed by atoms with Crippen molar-refractivity contribution in [3.8, 4) is 0 Å². The van der Waals surface area contributed by atoms with Gasteiger partial charge in [0.15, 0.2) is 0 Å². The monoisotopic (exact) mass is 206 g/mol. The third kappa shape index (κ3) is 3.27.